The fourth-order valence-electron chi connectivity index (χ4n) is 2.48. The topological polar surface area (TPSA) is 58.6 Å². The largest absolute Gasteiger partial charge is 0.444 e. The van der Waals surface area contributed by atoms with Crippen molar-refractivity contribution in [2.45, 2.75) is 38.8 Å². The molecule has 1 heterocycles. The summed E-state index contributed by atoms with van der Waals surface area (Å²) in [7, 11) is 0. The van der Waals surface area contributed by atoms with Gasteiger partial charge in [0.05, 0.1) is 6.04 Å². The van der Waals surface area contributed by atoms with Gasteiger partial charge in [0.1, 0.15) is 5.60 Å². The zero-order valence-electron chi connectivity index (χ0n) is 13.1. The first kappa shape index (κ1) is 16.6. The number of carbonyl (C=O) groups excluding carboxylic acids is 2. The lowest BCUT2D eigenvalue weighted by Crippen LogP contribution is -2.40. The standard InChI is InChI=1S/C16H21ClN2O3/c1-16(2,3)22-15(21)18-13-6-7-19(9-13)14-5-4-12(17)8-11(14)10-20/h4-5,8,10,13H,6-7,9H2,1-3H3,(H,18,21)/t13-/m1/s1. The number of halogens is 1. The predicted octanol–water partition coefficient (Wildman–Crippen LogP) is 3.26. The van der Waals surface area contributed by atoms with Crippen LogP contribution in [0.25, 0.3) is 0 Å². The van der Waals surface area contributed by atoms with Gasteiger partial charge >= 0.3 is 6.09 Å². The smallest absolute Gasteiger partial charge is 0.407 e. The zero-order valence-corrected chi connectivity index (χ0v) is 13.8. The molecule has 2 rings (SSSR count). The number of hydrogen-bond acceptors (Lipinski definition) is 4. The van der Waals surface area contributed by atoms with Crippen LogP contribution in [0, 0.1) is 0 Å². The van der Waals surface area contributed by atoms with Crippen molar-refractivity contribution in [3.05, 3.63) is 28.8 Å². The first-order chi connectivity index (χ1) is 10.3. The second kappa shape index (κ2) is 6.57. The summed E-state index contributed by atoms with van der Waals surface area (Å²) in [6, 6.07) is 5.25. The maximum Gasteiger partial charge on any atom is 0.407 e. The molecule has 1 aromatic carbocycles. The number of carbonyl (C=O) groups is 2. The fourth-order valence-corrected chi connectivity index (χ4v) is 2.66. The van der Waals surface area contributed by atoms with Crippen LogP contribution >= 0.6 is 11.6 Å². The van der Waals surface area contributed by atoms with Crippen molar-refractivity contribution in [2.24, 2.45) is 0 Å². The minimum atomic E-state index is -0.511. The van der Waals surface area contributed by atoms with E-state index in [1.165, 1.54) is 0 Å². The highest BCUT2D eigenvalue weighted by molar-refractivity contribution is 6.31. The summed E-state index contributed by atoms with van der Waals surface area (Å²) in [4.78, 5) is 25.0. The highest BCUT2D eigenvalue weighted by Crippen LogP contribution is 2.26. The van der Waals surface area contributed by atoms with E-state index in [-0.39, 0.29) is 6.04 Å². The van der Waals surface area contributed by atoms with E-state index >= 15 is 0 Å². The Labute approximate surface area is 135 Å². The lowest BCUT2D eigenvalue weighted by molar-refractivity contribution is 0.0509. The Morgan fingerprint density at radius 1 is 1.45 bits per heavy atom. The molecule has 0 radical (unpaired) electrons. The lowest BCUT2D eigenvalue weighted by atomic mass is 10.2. The van der Waals surface area contributed by atoms with E-state index in [0.29, 0.717) is 17.1 Å². The van der Waals surface area contributed by atoms with Crippen LogP contribution in [0.2, 0.25) is 5.02 Å². The van der Waals surface area contributed by atoms with Gasteiger partial charge in [0, 0.05) is 29.4 Å². The van der Waals surface area contributed by atoms with Crippen molar-refractivity contribution in [1.82, 2.24) is 5.32 Å². The molecule has 6 heteroatoms. The molecule has 0 spiro atoms. The number of benzene rings is 1. The third-order valence-corrected chi connectivity index (χ3v) is 3.60. The maximum atomic E-state index is 11.8. The van der Waals surface area contributed by atoms with E-state index in [2.05, 4.69) is 10.2 Å². The molecule has 5 nitrogen and oxygen atoms in total. The number of alkyl carbamates (subject to hydrolysis) is 1. The van der Waals surface area contributed by atoms with Crippen LogP contribution in [0.4, 0.5) is 10.5 Å². The summed E-state index contributed by atoms with van der Waals surface area (Å²) in [5.41, 5.74) is 0.891. The Morgan fingerprint density at radius 3 is 2.82 bits per heavy atom. The SMILES string of the molecule is CC(C)(C)OC(=O)N[C@@H]1CCN(c2ccc(Cl)cc2C=O)C1. The molecule has 1 amide bonds. The average molecular weight is 325 g/mol. The number of rotatable bonds is 3. The molecule has 1 N–H and O–H groups in total. The van der Waals surface area contributed by atoms with Gasteiger partial charge in [-0.05, 0) is 45.4 Å². The molecule has 120 valence electrons. The maximum absolute atomic E-state index is 11.8. The molecule has 1 saturated heterocycles. The van der Waals surface area contributed by atoms with Gasteiger partial charge in [-0.15, -0.1) is 0 Å². The minimum Gasteiger partial charge on any atom is -0.444 e. The number of hydrogen-bond donors (Lipinski definition) is 1. The van der Waals surface area contributed by atoms with E-state index in [1.54, 1.807) is 12.1 Å². The van der Waals surface area contributed by atoms with Crippen molar-refractivity contribution < 1.29 is 14.3 Å². The Morgan fingerprint density at radius 2 is 2.18 bits per heavy atom. The molecule has 0 bridgehead atoms. The molecule has 1 aliphatic heterocycles. The second-order valence-electron chi connectivity index (χ2n) is 6.40. The molecule has 0 aliphatic carbocycles. The predicted molar refractivity (Wildman–Crippen MR) is 86.8 cm³/mol. The molecule has 1 aliphatic rings. The summed E-state index contributed by atoms with van der Waals surface area (Å²) >= 11 is 5.91. The van der Waals surface area contributed by atoms with Gasteiger partial charge in [-0.2, -0.15) is 0 Å². The first-order valence-corrected chi connectivity index (χ1v) is 7.65. The van der Waals surface area contributed by atoms with Gasteiger partial charge in [-0.1, -0.05) is 11.6 Å². The lowest BCUT2D eigenvalue weighted by Gasteiger charge is -2.23. The summed E-state index contributed by atoms with van der Waals surface area (Å²) < 4.78 is 5.26. The van der Waals surface area contributed by atoms with Gasteiger partial charge in [-0.25, -0.2) is 4.79 Å². The van der Waals surface area contributed by atoms with Crippen LogP contribution in [0.1, 0.15) is 37.6 Å². The highest BCUT2D eigenvalue weighted by atomic mass is 35.5. The quantitative estimate of drug-likeness (QED) is 0.867. The molecule has 0 aromatic heterocycles. The third-order valence-electron chi connectivity index (χ3n) is 3.37. The second-order valence-corrected chi connectivity index (χ2v) is 6.84. The van der Waals surface area contributed by atoms with Crippen LogP contribution in [0.15, 0.2) is 18.2 Å². The number of anilines is 1. The normalized spacial score (nSPS) is 18.2. The van der Waals surface area contributed by atoms with Crippen molar-refractivity contribution in [3.8, 4) is 0 Å². The van der Waals surface area contributed by atoms with Crippen molar-refractivity contribution in [2.75, 3.05) is 18.0 Å². The van der Waals surface area contributed by atoms with Crippen molar-refractivity contribution in [3.63, 3.8) is 0 Å². The van der Waals surface area contributed by atoms with E-state index in [1.807, 2.05) is 26.8 Å². The highest BCUT2D eigenvalue weighted by Gasteiger charge is 2.27. The van der Waals surface area contributed by atoms with Gasteiger partial charge < -0.3 is 15.0 Å². The molecule has 1 fully saturated rings. The van der Waals surface area contributed by atoms with Crippen LogP contribution < -0.4 is 10.2 Å². The molecular formula is C16H21ClN2O3. The summed E-state index contributed by atoms with van der Waals surface area (Å²) in [6.45, 7) is 6.90. The fraction of sp³-hybridized carbons (Fsp3) is 0.500. The van der Waals surface area contributed by atoms with E-state index in [4.69, 9.17) is 16.3 Å². The third kappa shape index (κ3) is 4.37. The Bertz CT molecular complexity index is 569. The molecule has 1 atom stereocenters. The molecular weight excluding hydrogens is 304 g/mol. The van der Waals surface area contributed by atoms with Gasteiger partial charge in [0.15, 0.2) is 6.29 Å². The summed E-state index contributed by atoms with van der Waals surface area (Å²) in [6.07, 6.45) is 1.20. The summed E-state index contributed by atoms with van der Waals surface area (Å²) in [5, 5.41) is 3.40. The first-order valence-electron chi connectivity index (χ1n) is 7.27. The van der Waals surface area contributed by atoms with Crippen LogP contribution in [-0.2, 0) is 4.74 Å². The Balaban J connectivity index is 1.98. The number of nitrogens with zero attached hydrogens (tertiary/aromatic N) is 1. The van der Waals surface area contributed by atoms with Crippen LogP contribution in [0.5, 0.6) is 0 Å². The van der Waals surface area contributed by atoms with Crippen LogP contribution in [0.3, 0.4) is 0 Å². The Kier molecular flexibility index (Phi) is 4.96. The van der Waals surface area contributed by atoms with E-state index in [0.717, 1.165) is 24.9 Å². The minimum absolute atomic E-state index is 0.00466. The van der Waals surface area contributed by atoms with Crippen molar-refractivity contribution in [1.29, 1.82) is 0 Å². The average Bonchev–Trinajstić information content (AvgIpc) is 2.84. The number of aldehydes is 1. The monoisotopic (exact) mass is 324 g/mol. The summed E-state index contributed by atoms with van der Waals surface area (Å²) in [5.74, 6) is 0. The number of ether oxygens (including phenoxy) is 1. The van der Waals surface area contributed by atoms with E-state index < -0.39 is 11.7 Å². The zero-order chi connectivity index (χ0) is 16.3. The molecule has 1 aromatic rings. The molecule has 0 saturated carbocycles. The molecule has 22 heavy (non-hydrogen) atoms. The van der Waals surface area contributed by atoms with Gasteiger partial charge in [0.25, 0.3) is 0 Å². The van der Waals surface area contributed by atoms with E-state index in [9.17, 15) is 9.59 Å². The molecule has 0 unspecified atom stereocenters. The Hall–Kier alpha value is -1.75. The number of nitrogens with one attached hydrogen (secondary N) is 1. The van der Waals surface area contributed by atoms with Crippen molar-refractivity contribution >= 4 is 29.7 Å². The van der Waals surface area contributed by atoms with Gasteiger partial charge in [-0.3, -0.25) is 4.79 Å². The number of amides is 1. The van der Waals surface area contributed by atoms with Gasteiger partial charge in [0.2, 0.25) is 0 Å². The van der Waals surface area contributed by atoms with Crippen LogP contribution in [-0.4, -0.2) is 37.1 Å².